The SMILES string of the molecule is Cc1ccc(N(C)CCc2ccc(Cl)cc2)nc1C#N. The first-order valence-electron chi connectivity index (χ1n) is 6.43. The molecular weight excluding hydrogens is 270 g/mol. The molecule has 0 aliphatic heterocycles. The molecule has 3 nitrogen and oxygen atoms in total. The molecule has 0 bridgehead atoms. The molecule has 102 valence electrons. The molecule has 0 saturated heterocycles. The fraction of sp³-hybridized carbons (Fsp3) is 0.250. The summed E-state index contributed by atoms with van der Waals surface area (Å²) in [6, 6.07) is 13.8. The summed E-state index contributed by atoms with van der Waals surface area (Å²) in [4.78, 5) is 6.41. The van der Waals surface area contributed by atoms with Crippen LogP contribution in [-0.2, 0) is 6.42 Å². The average Bonchev–Trinajstić information content (AvgIpc) is 2.47. The maximum atomic E-state index is 9.02. The van der Waals surface area contributed by atoms with Gasteiger partial charge in [0.2, 0.25) is 0 Å². The second kappa shape index (κ2) is 6.40. The number of likely N-dealkylation sites (N-methyl/N-ethyl adjacent to an activating group) is 1. The molecule has 1 aromatic heterocycles. The molecule has 0 radical (unpaired) electrons. The number of anilines is 1. The van der Waals surface area contributed by atoms with Crippen molar-refractivity contribution in [3.05, 3.63) is 58.2 Å². The van der Waals surface area contributed by atoms with Crippen LogP contribution in [0.1, 0.15) is 16.8 Å². The van der Waals surface area contributed by atoms with E-state index in [1.54, 1.807) is 0 Å². The minimum Gasteiger partial charge on any atom is -0.359 e. The van der Waals surface area contributed by atoms with E-state index < -0.39 is 0 Å². The van der Waals surface area contributed by atoms with E-state index in [4.69, 9.17) is 16.9 Å². The van der Waals surface area contributed by atoms with Crippen LogP contribution in [0.25, 0.3) is 0 Å². The second-order valence-electron chi connectivity index (χ2n) is 4.74. The third-order valence-electron chi connectivity index (χ3n) is 3.23. The molecule has 20 heavy (non-hydrogen) atoms. The Morgan fingerprint density at radius 1 is 1.20 bits per heavy atom. The molecule has 0 fully saturated rings. The molecule has 0 spiro atoms. The first-order chi connectivity index (χ1) is 9.60. The van der Waals surface area contributed by atoms with Gasteiger partial charge in [0.25, 0.3) is 0 Å². The van der Waals surface area contributed by atoms with Crippen LogP contribution in [0.5, 0.6) is 0 Å². The van der Waals surface area contributed by atoms with E-state index in [9.17, 15) is 0 Å². The Labute approximate surface area is 124 Å². The number of pyridine rings is 1. The van der Waals surface area contributed by atoms with Crippen molar-refractivity contribution in [2.45, 2.75) is 13.3 Å². The third-order valence-corrected chi connectivity index (χ3v) is 3.48. The monoisotopic (exact) mass is 285 g/mol. The van der Waals surface area contributed by atoms with Gasteiger partial charge in [0.1, 0.15) is 17.6 Å². The first-order valence-corrected chi connectivity index (χ1v) is 6.81. The molecule has 0 aliphatic carbocycles. The molecule has 0 N–H and O–H groups in total. The average molecular weight is 286 g/mol. The van der Waals surface area contributed by atoms with Crippen LogP contribution in [0, 0.1) is 18.3 Å². The molecule has 0 unspecified atom stereocenters. The lowest BCUT2D eigenvalue weighted by molar-refractivity contribution is 0.857. The smallest absolute Gasteiger partial charge is 0.145 e. The highest BCUT2D eigenvalue weighted by molar-refractivity contribution is 6.30. The first kappa shape index (κ1) is 14.4. The van der Waals surface area contributed by atoms with Crippen LogP contribution in [-0.4, -0.2) is 18.6 Å². The number of halogens is 1. The summed E-state index contributed by atoms with van der Waals surface area (Å²) in [6.45, 7) is 2.73. The number of rotatable bonds is 4. The number of hydrogen-bond donors (Lipinski definition) is 0. The van der Waals surface area contributed by atoms with Gasteiger partial charge in [-0.05, 0) is 42.7 Å². The molecule has 0 amide bonds. The predicted octanol–water partition coefficient (Wildman–Crippen LogP) is 3.59. The second-order valence-corrected chi connectivity index (χ2v) is 5.18. The maximum Gasteiger partial charge on any atom is 0.145 e. The van der Waals surface area contributed by atoms with E-state index in [0.29, 0.717) is 5.69 Å². The Morgan fingerprint density at radius 2 is 1.90 bits per heavy atom. The zero-order valence-electron chi connectivity index (χ0n) is 11.6. The van der Waals surface area contributed by atoms with Crippen molar-refractivity contribution in [3.63, 3.8) is 0 Å². The standard InChI is InChI=1S/C16H16ClN3/c1-12-3-8-16(19-15(12)11-18)20(2)10-9-13-4-6-14(17)7-5-13/h3-8H,9-10H2,1-2H3. The largest absolute Gasteiger partial charge is 0.359 e. The minimum atomic E-state index is 0.487. The lowest BCUT2D eigenvalue weighted by Crippen LogP contribution is -2.21. The molecule has 0 saturated carbocycles. The van der Waals surface area contributed by atoms with E-state index in [1.165, 1.54) is 5.56 Å². The number of aryl methyl sites for hydroxylation is 1. The summed E-state index contributed by atoms with van der Waals surface area (Å²) in [7, 11) is 1.98. The van der Waals surface area contributed by atoms with E-state index in [2.05, 4.69) is 16.0 Å². The van der Waals surface area contributed by atoms with Gasteiger partial charge in [-0.1, -0.05) is 29.8 Å². The van der Waals surface area contributed by atoms with Crippen molar-refractivity contribution in [1.82, 2.24) is 4.98 Å². The molecule has 1 aromatic carbocycles. The molecule has 2 rings (SSSR count). The van der Waals surface area contributed by atoms with Gasteiger partial charge >= 0.3 is 0 Å². The summed E-state index contributed by atoms with van der Waals surface area (Å²) in [5, 5.41) is 9.77. The van der Waals surface area contributed by atoms with Crippen LogP contribution >= 0.6 is 11.6 Å². The number of hydrogen-bond acceptors (Lipinski definition) is 3. The number of aromatic nitrogens is 1. The Morgan fingerprint density at radius 3 is 2.55 bits per heavy atom. The van der Waals surface area contributed by atoms with Gasteiger partial charge in [0.15, 0.2) is 0 Å². The lowest BCUT2D eigenvalue weighted by atomic mass is 10.1. The molecule has 0 aliphatic rings. The van der Waals surface area contributed by atoms with Gasteiger partial charge in [-0.25, -0.2) is 4.98 Å². The zero-order chi connectivity index (χ0) is 14.5. The van der Waals surface area contributed by atoms with E-state index >= 15 is 0 Å². The Kier molecular flexibility index (Phi) is 4.60. The van der Waals surface area contributed by atoms with Crippen molar-refractivity contribution in [1.29, 1.82) is 5.26 Å². The number of benzene rings is 1. The normalized spacial score (nSPS) is 10.1. The quantitative estimate of drug-likeness (QED) is 0.862. The summed E-state index contributed by atoms with van der Waals surface area (Å²) < 4.78 is 0. The van der Waals surface area contributed by atoms with Crippen LogP contribution in [0.2, 0.25) is 5.02 Å². The van der Waals surface area contributed by atoms with Crippen LogP contribution < -0.4 is 4.90 Å². The number of nitriles is 1. The molecule has 2 aromatic rings. The predicted molar refractivity (Wildman–Crippen MR) is 82.1 cm³/mol. The zero-order valence-corrected chi connectivity index (χ0v) is 12.4. The molecular formula is C16H16ClN3. The van der Waals surface area contributed by atoms with Gasteiger partial charge in [0, 0.05) is 18.6 Å². The summed E-state index contributed by atoms with van der Waals surface area (Å²) in [5.74, 6) is 0.820. The van der Waals surface area contributed by atoms with Crippen LogP contribution in [0.4, 0.5) is 5.82 Å². The molecule has 4 heteroatoms. The van der Waals surface area contributed by atoms with Crippen molar-refractivity contribution >= 4 is 17.4 Å². The summed E-state index contributed by atoms with van der Waals surface area (Å²) in [6.07, 6.45) is 0.908. The third kappa shape index (κ3) is 3.49. The highest BCUT2D eigenvalue weighted by Gasteiger charge is 2.06. The topological polar surface area (TPSA) is 39.9 Å². The van der Waals surface area contributed by atoms with E-state index in [1.807, 2.05) is 50.4 Å². The van der Waals surface area contributed by atoms with Gasteiger partial charge in [-0.3, -0.25) is 0 Å². The summed E-state index contributed by atoms with van der Waals surface area (Å²) >= 11 is 5.87. The maximum absolute atomic E-state index is 9.02. The summed E-state index contributed by atoms with van der Waals surface area (Å²) in [5.41, 5.74) is 2.62. The Bertz CT molecular complexity index is 629. The fourth-order valence-electron chi connectivity index (χ4n) is 1.91. The van der Waals surface area contributed by atoms with E-state index in [0.717, 1.165) is 29.4 Å². The lowest BCUT2D eigenvalue weighted by Gasteiger charge is -2.18. The van der Waals surface area contributed by atoms with Gasteiger partial charge in [-0.15, -0.1) is 0 Å². The van der Waals surface area contributed by atoms with E-state index in [-0.39, 0.29) is 0 Å². The molecule has 1 heterocycles. The van der Waals surface area contributed by atoms with Crippen molar-refractivity contribution < 1.29 is 0 Å². The minimum absolute atomic E-state index is 0.487. The highest BCUT2D eigenvalue weighted by Crippen LogP contribution is 2.14. The fourth-order valence-corrected chi connectivity index (χ4v) is 2.03. The van der Waals surface area contributed by atoms with Crippen LogP contribution in [0.15, 0.2) is 36.4 Å². The Balaban J connectivity index is 2.03. The molecule has 0 atom stereocenters. The van der Waals surface area contributed by atoms with Crippen molar-refractivity contribution in [3.8, 4) is 6.07 Å². The van der Waals surface area contributed by atoms with Crippen molar-refractivity contribution in [2.75, 3.05) is 18.5 Å². The van der Waals surface area contributed by atoms with Gasteiger partial charge < -0.3 is 4.90 Å². The van der Waals surface area contributed by atoms with Gasteiger partial charge in [-0.2, -0.15) is 5.26 Å². The van der Waals surface area contributed by atoms with Crippen molar-refractivity contribution in [2.24, 2.45) is 0 Å². The Hall–Kier alpha value is -2.05. The van der Waals surface area contributed by atoms with Crippen LogP contribution in [0.3, 0.4) is 0 Å². The van der Waals surface area contributed by atoms with Gasteiger partial charge in [0.05, 0.1) is 0 Å². The number of nitrogens with zero attached hydrogens (tertiary/aromatic N) is 3. The highest BCUT2D eigenvalue weighted by atomic mass is 35.5.